The molecule has 0 radical (unpaired) electrons. The van der Waals surface area contributed by atoms with E-state index in [2.05, 4.69) is 28.4 Å². The smallest absolute Gasteiger partial charge is 0.257 e. The van der Waals surface area contributed by atoms with Crippen LogP contribution in [0.2, 0.25) is 0 Å². The summed E-state index contributed by atoms with van der Waals surface area (Å²) < 4.78 is 17.6. The summed E-state index contributed by atoms with van der Waals surface area (Å²) in [6.07, 6.45) is 3.49. The van der Waals surface area contributed by atoms with Gasteiger partial charge in [0.05, 0.1) is 30.6 Å². The zero-order chi connectivity index (χ0) is 20.8. The number of aromatic amines is 1. The van der Waals surface area contributed by atoms with Gasteiger partial charge < -0.3 is 19.1 Å². The summed E-state index contributed by atoms with van der Waals surface area (Å²) in [5, 5.41) is 7.18. The third kappa shape index (κ3) is 2.99. The molecular weight excluding hydrogens is 394 g/mol. The van der Waals surface area contributed by atoms with Gasteiger partial charge in [-0.05, 0) is 42.2 Å². The molecule has 1 atom stereocenters. The maximum Gasteiger partial charge on any atom is 0.257 e. The number of amides is 1. The highest BCUT2D eigenvalue weighted by molar-refractivity contribution is 6.00. The van der Waals surface area contributed by atoms with Crippen LogP contribution in [0, 0.1) is 0 Å². The van der Waals surface area contributed by atoms with Crippen molar-refractivity contribution in [1.82, 2.24) is 15.1 Å². The van der Waals surface area contributed by atoms with E-state index in [9.17, 15) is 4.79 Å². The van der Waals surface area contributed by atoms with E-state index in [4.69, 9.17) is 14.2 Å². The second kappa shape index (κ2) is 7.13. The topological polar surface area (TPSA) is 76.7 Å². The van der Waals surface area contributed by atoms with Gasteiger partial charge in [-0.1, -0.05) is 24.3 Å². The van der Waals surface area contributed by atoms with Crippen LogP contribution in [0.4, 0.5) is 0 Å². The molecule has 1 N–H and O–H groups in total. The minimum atomic E-state index is -0.411. The maximum atomic E-state index is 13.6. The minimum absolute atomic E-state index is 0.0364. The Bertz CT molecular complexity index is 1150. The van der Waals surface area contributed by atoms with Gasteiger partial charge in [-0.2, -0.15) is 5.10 Å². The number of aromatic nitrogens is 2. The second-order valence-electron chi connectivity index (χ2n) is 8.24. The van der Waals surface area contributed by atoms with E-state index in [0.717, 1.165) is 24.2 Å². The molecule has 0 saturated carbocycles. The zero-order valence-corrected chi connectivity index (χ0v) is 17.1. The number of aryl methyl sites for hydroxylation is 1. The van der Waals surface area contributed by atoms with Crippen LogP contribution in [0.5, 0.6) is 11.5 Å². The summed E-state index contributed by atoms with van der Waals surface area (Å²) in [5.41, 5.74) is 4.21. The standard InChI is InChI=1S/C24H23N3O4/c28-23(27-9-10-31-24(15-27)8-7-16-3-1-2-4-19(16)24)18-14-25-26-22(18)17-5-6-20-21(13-17)30-12-11-29-20/h1-6,13-14H,7-12,15H2,(H,25,26). The van der Waals surface area contributed by atoms with Gasteiger partial charge >= 0.3 is 0 Å². The Morgan fingerprint density at radius 3 is 2.87 bits per heavy atom. The van der Waals surface area contributed by atoms with Gasteiger partial charge in [0.2, 0.25) is 0 Å². The molecule has 3 aliphatic rings. The van der Waals surface area contributed by atoms with Gasteiger partial charge in [0.15, 0.2) is 11.5 Å². The predicted molar refractivity (Wildman–Crippen MR) is 113 cm³/mol. The lowest BCUT2D eigenvalue weighted by Gasteiger charge is -2.41. The first-order valence-corrected chi connectivity index (χ1v) is 10.7. The molecule has 1 aromatic heterocycles. The molecule has 3 aromatic rings. The molecule has 158 valence electrons. The number of nitrogens with zero attached hydrogens (tertiary/aromatic N) is 2. The number of morpholine rings is 1. The van der Waals surface area contributed by atoms with Crippen LogP contribution in [-0.2, 0) is 16.8 Å². The SMILES string of the molecule is O=C(c1cn[nH]c1-c1ccc2c(c1)OCCO2)N1CCOC2(CCc3ccccc32)C1. The number of benzene rings is 2. The van der Waals surface area contributed by atoms with E-state index < -0.39 is 5.60 Å². The van der Waals surface area contributed by atoms with E-state index in [0.29, 0.717) is 49.9 Å². The number of ether oxygens (including phenoxy) is 3. The molecule has 7 heteroatoms. The Morgan fingerprint density at radius 1 is 1.06 bits per heavy atom. The zero-order valence-electron chi connectivity index (χ0n) is 17.1. The lowest BCUT2D eigenvalue weighted by atomic mass is 9.93. The average molecular weight is 417 g/mol. The third-order valence-corrected chi connectivity index (χ3v) is 6.48. The minimum Gasteiger partial charge on any atom is -0.486 e. The summed E-state index contributed by atoms with van der Waals surface area (Å²) in [5.74, 6) is 1.37. The summed E-state index contributed by atoms with van der Waals surface area (Å²) in [4.78, 5) is 15.5. The van der Waals surface area contributed by atoms with Crippen LogP contribution >= 0.6 is 0 Å². The molecule has 1 saturated heterocycles. The first kappa shape index (κ1) is 18.4. The first-order valence-electron chi connectivity index (χ1n) is 10.7. The largest absolute Gasteiger partial charge is 0.486 e. The Balaban J connectivity index is 1.30. The van der Waals surface area contributed by atoms with Crippen LogP contribution in [0.15, 0.2) is 48.7 Å². The van der Waals surface area contributed by atoms with E-state index >= 15 is 0 Å². The summed E-state index contributed by atoms with van der Waals surface area (Å²) in [7, 11) is 0. The van der Waals surface area contributed by atoms with E-state index in [1.807, 2.05) is 29.2 Å². The van der Waals surface area contributed by atoms with Crippen molar-refractivity contribution in [3.8, 4) is 22.8 Å². The number of hydrogen-bond donors (Lipinski definition) is 1. The number of nitrogens with one attached hydrogen (secondary N) is 1. The molecule has 1 spiro atoms. The third-order valence-electron chi connectivity index (χ3n) is 6.48. The highest BCUT2D eigenvalue weighted by Gasteiger charge is 2.44. The first-order chi connectivity index (χ1) is 15.2. The van der Waals surface area contributed by atoms with Gasteiger partial charge in [-0.25, -0.2) is 0 Å². The summed E-state index contributed by atoms with van der Waals surface area (Å²) in [6.45, 7) is 2.70. The van der Waals surface area contributed by atoms with Crippen molar-refractivity contribution in [3.05, 3.63) is 65.4 Å². The number of rotatable bonds is 2. The molecule has 31 heavy (non-hydrogen) atoms. The number of H-pyrrole nitrogens is 1. The van der Waals surface area contributed by atoms with Gasteiger partial charge in [0.25, 0.3) is 5.91 Å². The van der Waals surface area contributed by atoms with Crippen LogP contribution in [-0.4, -0.2) is 53.9 Å². The van der Waals surface area contributed by atoms with Crippen molar-refractivity contribution in [2.24, 2.45) is 0 Å². The molecule has 1 aliphatic carbocycles. The lowest BCUT2D eigenvalue weighted by Crippen LogP contribution is -2.51. The molecule has 1 unspecified atom stereocenters. The predicted octanol–water partition coefficient (Wildman–Crippen LogP) is 3.16. The fourth-order valence-corrected chi connectivity index (χ4v) is 4.96. The Hall–Kier alpha value is -3.32. The Morgan fingerprint density at radius 2 is 1.94 bits per heavy atom. The van der Waals surface area contributed by atoms with Crippen molar-refractivity contribution < 1.29 is 19.0 Å². The van der Waals surface area contributed by atoms with Crippen LogP contribution < -0.4 is 9.47 Å². The molecule has 0 bridgehead atoms. The van der Waals surface area contributed by atoms with Gasteiger partial charge in [-0.15, -0.1) is 0 Å². The second-order valence-corrected chi connectivity index (χ2v) is 8.24. The molecular formula is C24H23N3O4. The summed E-state index contributed by atoms with van der Waals surface area (Å²) in [6, 6.07) is 14.1. The lowest BCUT2D eigenvalue weighted by molar-refractivity contribution is -0.103. The van der Waals surface area contributed by atoms with Crippen LogP contribution in [0.1, 0.15) is 27.9 Å². The normalized spacial score (nSPS) is 21.9. The van der Waals surface area contributed by atoms with E-state index in [1.165, 1.54) is 11.1 Å². The molecule has 1 amide bonds. The van der Waals surface area contributed by atoms with Crippen molar-refractivity contribution in [2.45, 2.75) is 18.4 Å². The summed E-state index contributed by atoms with van der Waals surface area (Å²) >= 11 is 0. The average Bonchev–Trinajstić information content (AvgIpc) is 3.45. The molecule has 2 aromatic carbocycles. The number of carbonyl (C=O) groups excluding carboxylic acids is 1. The van der Waals surface area contributed by atoms with Crippen molar-refractivity contribution in [1.29, 1.82) is 0 Å². The van der Waals surface area contributed by atoms with Gasteiger partial charge in [0.1, 0.15) is 18.8 Å². The van der Waals surface area contributed by atoms with Gasteiger partial charge in [0, 0.05) is 12.1 Å². The van der Waals surface area contributed by atoms with Crippen molar-refractivity contribution in [2.75, 3.05) is 32.9 Å². The molecule has 1 fully saturated rings. The van der Waals surface area contributed by atoms with E-state index in [-0.39, 0.29) is 5.91 Å². The monoisotopic (exact) mass is 417 g/mol. The van der Waals surface area contributed by atoms with E-state index in [1.54, 1.807) is 6.20 Å². The van der Waals surface area contributed by atoms with Crippen LogP contribution in [0.25, 0.3) is 11.3 Å². The van der Waals surface area contributed by atoms with Crippen LogP contribution in [0.3, 0.4) is 0 Å². The van der Waals surface area contributed by atoms with Gasteiger partial charge in [-0.3, -0.25) is 9.89 Å². The Kier molecular flexibility index (Phi) is 4.24. The quantitative estimate of drug-likeness (QED) is 0.693. The number of hydrogen-bond acceptors (Lipinski definition) is 5. The fraction of sp³-hybridized carbons (Fsp3) is 0.333. The highest BCUT2D eigenvalue weighted by atomic mass is 16.6. The fourth-order valence-electron chi connectivity index (χ4n) is 4.96. The number of carbonyl (C=O) groups is 1. The molecule has 6 rings (SSSR count). The van der Waals surface area contributed by atoms with Crippen molar-refractivity contribution in [3.63, 3.8) is 0 Å². The number of fused-ring (bicyclic) bond motifs is 3. The Labute approximate surface area is 179 Å². The highest BCUT2D eigenvalue weighted by Crippen LogP contribution is 2.42. The maximum absolute atomic E-state index is 13.6. The molecule has 3 heterocycles. The molecule has 2 aliphatic heterocycles. The molecule has 7 nitrogen and oxygen atoms in total. The van der Waals surface area contributed by atoms with Crippen molar-refractivity contribution >= 4 is 5.91 Å².